The summed E-state index contributed by atoms with van der Waals surface area (Å²) in [7, 11) is 0. The Bertz CT molecular complexity index is 1830. The molecule has 1 saturated heterocycles. The van der Waals surface area contributed by atoms with E-state index in [2.05, 4.69) is 72.7 Å². The van der Waals surface area contributed by atoms with Crippen molar-refractivity contribution in [1.82, 2.24) is 34.4 Å². The van der Waals surface area contributed by atoms with Gasteiger partial charge in [-0.15, -0.1) is 0 Å². The average molecular weight is 647 g/mol. The van der Waals surface area contributed by atoms with E-state index in [9.17, 15) is 0 Å². The molecule has 0 unspecified atom stereocenters. The first-order chi connectivity index (χ1) is 23.1. The summed E-state index contributed by atoms with van der Waals surface area (Å²) in [4.78, 5) is 19.6. The van der Waals surface area contributed by atoms with Gasteiger partial charge in [0.25, 0.3) is 0 Å². The lowest BCUT2D eigenvalue weighted by molar-refractivity contribution is 0.434. The molecule has 1 aliphatic heterocycles. The normalized spacial score (nSPS) is 16.0. The molecule has 3 aromatic heterocycles. The molecule has 2 aliphatic rings. The summed E-state index contributed by atoms with van der Waals surface area (Å²) >= 11 is 6.72. The molecule has 0 spiro atoms. The summed E-state index contributed by atoms with van der Waals surface area (Å²) in [5.41, 5.74) is 7.25. The van der Waals surface area contributed by atoms with Crippen LogP contribution in [0.1, 0.15) is 79.2 Å². The summed E-state index contributed by atoms with van der Waals surface area (Å²) in [5, 5.41) is 7.92. The number of hydrogen-bond acceptors (Lipinski definition) is 6. The number of aryl methyl sites for hydroxylation is 1. The fraction of sp³-hybridized carbons (Fsp3) is 0.368. The van der Waals surface area contributed by atoms with Crippen molar-refractivity contribution in [2.24, 2.45) is 0 Å². The number of benzene rings is 2. The van der Waals surface area contributed by atoms with Gasteiger partial charge >= 0.3 is 0 Å². The van der Waals surface area contributed by atoms with Crippen LogP contribution < -0.4 is 10.6 Å². The molecule has 5 aromatic rings. The van der Waals surface area contributed by atoms with Crippen LogP contribution in [-0.2, 0) is 13.1 Å². The predicted octanol–water partition coefficient (Wildman–Crippen LogP) is 8.12. The number of halogens is 1. The molecule has 0 amide bonds. The minimum atomic E-state index is 0.337. The highest BCUT2D eigenvalue weighted by molar-refractivity contribution is 6.31. The minimum Gasteiger partial charge on any atom is -0.351 e. The lowest BCUT2D eigenvalue weighted by Crippen LogP contribution is -2.28. The zero-order valence-corrected chi connectivity index (χ0v) is 27.9. The van der Waals surface area contributed by atoms with Crippen LogP contribution in [0.15, 0.2) is 73.7 Å². The monoisotopic (exact) mass is 646 g/mol. The van der Waals surface area contributed by atoms with Gasteiger partial charge in [-0.05, 0) is 80.6 Å². The average Bonchev–Trinajstić information content (AvgIpc) is 3.72. The number of nitrogens with one attached hydrogen (secondary N) is 2. The van der Waals surface area contributed by atoms with Crippen molar-refractivity contribution in [3.63, 3.8) is 0 Å². The standard InChI is InChI=1S/C38H43ClN8/c1-3-34-41-21-22-46(34)24-27-10-12-28(13-11-27)25-47-36(33-17-20-42-38(44-33)43-31-7-5-4-6-8-31)35(30-14-9-26(2)32(39)23-30)45-37(47)29-15-18-40-19-16-29/h3,9-14,17,20-23,29,31,40H,1,4-8,15-16,18-19,24-25H2,2H3,(H,42,43,44). The van der Waals surface area contributed by atoms with Crippen molar-refractivity contribution >= 4 is 23.6 Å². The van der Waals surface area contributed by atoms with E-state index < -0.39 is 0 Å². The Labute approximate surface area is 282 Å². The maximum Gasteiger partial charge on any atom is 0.223 e. The second kappa shape index (κ2) is 14.2. The molecule has 242 valence electrons. The van der Waals surface area contributed by atoms with Crippen LogP contribution in [0.25, 0.3) is 28.7 Å². The number of anilines is 1. The van der Waals surface area contributed by atoms with Crippen molar-refractivity contribution in [3.05, 3.63) is 107 Å². The Hall–Kier alpha value is -4.27. The SMILES string of the molecule is C=Cc1nccn1Cc1ccc(Cn2c(C3CCNCC3)nc(-c3ccc(C)c(Cl)c3)c2-c2ccnc(NC3CCCCC3)n2)cc1. The lowest BCUT2D eigenvalue weighted by atomic mass is 9.96. The van der Waals surface area contributed by atoms with Crippen LogP contribution in [0.2, 0.25) is 5.02 Å². The summed E-state index contributed by atoms with van der Waals surface area (Å²) < 4.78 is 4.52. The molecule has 8 nitrogen and oxygen atoms in total. The maximum absolute atomic E-state index is 6.72. The number of hydrogen-bond donors (Lipinski definition) is 2. The highest BCUT2D eigenvalue weighted by Gasteiger charge is 2.28. The van der Waals surface area contributed by atoms with Gasteiger partial charge in [0.1, 0.15) is 11.6 Å². The quantitative estimate of drug-likeness (QED) is 0.159. The van der Waals surface area contributed by atoms with Crippen molar-refractivity contribution in [3.8, 4) is 22.6 Å². The Morgan fingerprint density at radius 1 is 0.915 bits per heavy atom. The highest BCUT2D eigenvalue weighted by atomic mass is 35.5. The topological polar surface area (TPSA) is 85.5 Å². The summed E-state index contributed by atoms with van der Waals surface area (Å²) in [5.74, 6) is 2.99. The third kappa shape index (κ3) is 7.04. The van der Waals surface area contributed by atoms with Crippen molar-refractivity contribution in [2.45, 2.75) is 76.9 Å². The molecule has 0 radical (unpaired) electrons. The highest BCUT2D eigenvalue weighted by Crippen LogP contribution is 2.38. The molecule has 0 bridgehead atoms. The third-order valence-corrected chi connectivity index (χ3v) is 10.0. The fourth-order valence-corrected chi connectivity index (χ4v) is 7.17. The first kappa shape index (κ1) is 31.3. The Morgan fingerprint density at radius 3 is 2.43 bits per heavy atom. The van der Waals surface area contributed by atoms with Crippen LogP contribution in [0.4, 0.5) is 5.95 Å². The first-order valence-corrected chi connectivity index (χ1v) is 17.3. The number of nitrogens with zero attached hydrogens (tertiary/aromatic N) is 6. The largest absolute Gasteiger partial charge is 0.351 e. The summed E-state index contributed by atoms with van der Waals surface area (Å²) in [6.07, 6.45) is 15.7. The first-order valence-electron chi connectivity index (χ1n) is 16.9. The van der Waals surface area contributed by atoms with Gasteiger partial charge in [-0.25, -0.2) is 19.9 Å². The van der Waals surface area contributed by atoms with Crippen LogP contribution in [0, 0.1) is 6.92 Å². The third-order valence-electron chi connectivity index (χ3n) is 9.63. The van der Waals surface area contributed by atoms with E-state index in [1.165, 1.54) is 30.4 Å². The number of rotatable bonds is 10. The molecule has 7 rings (SSSR count). The van der Waals surface area contributed by atoms with E-state index in [0.29, 0.717) is 24.5 Å². The van der Waals surface area contributed by atoms with Gasteiger partial charge in [0.05, 0.1) is 17.1 Å². The van der Waals surface area contributed by atoms with Gasteiger partial charge in [-0.2, -0.15) is 0 Å². The van der Waals surface area contributed by atoms with E-state index in [1.54, 1.807) is 6.08 Å². The second-order valence-corrected chi connectivity index (χ2v) is 13.3. The molecular weight excluding hydrogens is 604 g/mol. The zero-order chi connectivity index (χ0) is 32.2. The van der Waals surface area contributed by atoms with Gasteiger partial charge < -0.3 is 19.8 Å². The van der Waals surface area contributed by atoms with Crippen LogP contribution in [0.5, 0.6) is 0 Å². The van der Waals surface area contributed by atoms with Crippen molar-refractivity contribution in [2.75, 3.05) is 18.4 Å². The molecule has 9 heteroatoms. The van der Waals surface area contributed by atoms with Gasteiger partial charge in [0.2, 0.25) is 5.95 Å². The molecule has 1 aliphatic carbocycles. The van der Waals surface area contributed by atoms with Gasteiger partial charge in [-0.3, -0.25) is 0 Å². The Morgan fingerprint density at radius 2 is 1.68 bits per heavy atom. The molecule has 2 aromatic carbocycles. The Balaban J connectivity index is 1.31. The van der Waals surface area contributed by atoms with E-state index in [0.717, 1.165) is 90.2 Å². The van der Waals surface area contributed by atoms with E-state index in [4.69, 9.17) is 21.6 Å². The zero-order valence-electron chi connectivity index (χ0n) is 27.1. The van der Waals surface area contributed by atoms with E-state index >= 15 is 0 Å². The van der Waals surface area contributed by atoms with Gasteiger partial charge in [0, 0.05) is 54.2 Å². The van der Waals surface area contributed by atoms with Crippen molar-refractivity contribution < 1.29 is 0 Å². The van der Waals surface area contributed by atoms with Crippen LogP contribution in [0.3, 0.4) is 0 Å². The maximum atomic E-state index is 6.72. The fourth-order valence-electron chi connectivity index (χ4n) is 6.99. The number of piperidine rings is 1. The molecule has 1 saturated carbocycles. The minimum absolute atomic E-state index is 0.337. The number of aromatic nitrogens is 6. The lowest BCUT2D eigenvalue weighted by Gasteiger charge is -2.24. The van der Waals surface area contributed by atoms with E-state index in [-0.39, 0.29) is 0 Å². The predicted molar refractivity (Wildman–Crippen MR) is 191 cm³/mol. The summed E-state index contributed by atoms with van der Waals surface area (Å²) in [6, 6.07) is 17.6. The molecular formula is C38H43ClN8. The van der Waals surface area contributed by atoms with Gasteiger partial charge in [0.15, 0.2) is 0 Å². The number of imidazole rings is 2. The van der Waals surface area contributed by atoms with E-state index in [1.807, 2.05) is 37.6 Å². The molecule has 2 fully saturated rings. The summed E-state index contributed by atoms with van der Waals surface area (Å²) in [6.45, 7) is 9.32. The molecule has 0 atom stereocenters. The van der Waals surface area contributed by atoms with Crippen LogP contribution >= 0.6 is 11.6 Å². The molecule has 2 N–H and O–H groups in total. The second-order valence-electron chi connectivity index (χ2n) is 12.9. The Kier molecular flexibility index (Phi) is 9.49. The molecule has 47 heavy (non-hydrogen) atoms. The molecule has 4 heterocycles. The van der Waals surface area contributed by atoms with Crippen LogP contribution in [-0.4, -0.2) is 48.2 Å². The van der Waals surface area contributed by atoms with Gasteiger partial charge in [-0.1, -0.05) is 73.8 Å². The smallest absolute Gasteiger partial charge is 0.223 e. The van der Waals surface area contributed by atoms with Crippen molar-refractivity contribution in [1.29, 1.82) is 0 Å².